The van der Waals surface area contributed by atoms with E-state index in [-0.39, 0.29) is 5.69 Å². The molecule has 0 spiro atoms. The number of hydrogen-bond donors (Lipinski definition) is 3. The summed E-state index contributed by atoms with van der Waals surface area (Å²) in [4.78, 5) is 16.6. The Morgan fingerprint density at radius 3 is 2.63 bits per heavy atom. The van der Waals surface area contributed by atoms with Gasteiger partial charge in [-0.2, -0.15) is 4.99 Å². The maximum Gasteiger partial charge on any atom is 0.506 e. The first kappa shape index (κ1) is 12.9. The number of nitrogens with zero attached hydrogens (tertiary/aromatic N) is 1. The normalized spacial score (nSPS) is 12.7. The molecular weight excluding hydrogens is 261 g/mol. The third-order valence-electron chi connectivity index (χ3n) is 2.26. The molecular formula is C11H9F3N4O. The number of amides is 1. The molecule has 100 valence electrons. The van der Waals surface area contributed by atoms with E-state index in [1.807, 2.05) is 5.32 Å². The van der Waals surface area contributed by atoms with Gasteiger partial charge in [-0.3, -0.25) is 10.1 Å². The minimum Gasteiger partial charge on any atom is -0.369 e. The average Bonchev–Trinajstić information content (AvgIpc) is 2.69. The van der Waals surface area contributed by atoms with Gasteiger partial charge in [-0.1, -0.05) is 18.2 Å². The molecule has 0 saturated heterocycles. The summed E-state index contributed by atoms with van der Waals surface area (Å²) in [6.07, 6.45) is -4.82. The van der Waals surface area contributed by atoms with Crippen LogP contribution in [0.1, 0.15) is 10.5 Å². The number of aromatic amines is 1. The predicted molar refractivity (Wildman–Crippen MR) is 63.4 cm³/mol. The van der Waals surface area contributed by atoms with E-state index >= 15 is 0 Å². The number of benzene rings is 1. The van der Waals surface area contributed by atoms with Gasteiger partial charge in [0.05, 0.1) is 0 Å². The van der Waals surface area contributed by atoms with Gasteiger partial charge in [0.25, 0.3) is 5.91 Å². The lowest BCUT2D eigenvalue weighted by Crippen LogP contribution is -2.38. The molecule has 8 heteroatoms. The molecule has 19 heavy (non-hydrogen) atoms. The molecule has 0 bridgehead atoms. The van der Waals surface area contributed by atoms with Crippen molar-refractivity contribution in [1.29, 1.82) is 0 Å². The Morgan fingerprint density at radius 2 is 2.00 bits per heavy atom. The zero-order valence-electron chi connectivity index (χ0n) is 9.45. The molecule has 1 aromatic carbocycles. The number of fused-ring (bicyclic) bond motifs is 1. The number of carbonyl (C=O) groups excluding carboxylic acids is 1. The molecule has 0 saturated carbocycles. The van der Waals surface area contributed by atoms with Gasteiger partial charge in [0.2, 0.25) is 5.96 Å². The fraction of sp³-hybridized carbons (Fsp3) is 0.0909. The molecule has 1 amide bonds. The predicted octanol–water partition coefficient (Wildman–Crippen LogP) is 1.73. The summed E-state index contributed by atoms with van der Waals surface area (Å²) in [5.74, 6) is -1.79. The summed E-state index contributed by atoms with van der Waals surface area (Å²) >= 11 is 0. The number of H-pyrrole nitrogens is 1. The van der Waals surface area contributed by atoms with Crippen LogP contribution in [-0.4, -0.2) is 23.2 Å². The van der Waals surface area contributed by atoms with E-state index in [1.165, 1.54) is 6.07 Å². The molecule has 0 aliphatic rings. The van der Waals surface area contributed by atoms with Gasteiger partial charge in [-0.25, -0.2) is 0 Å². The van der Waals surface area contributed by atoms with Crippen LogP contribution < -0.4 is 11.1 Å². The van der Waals surface area contributed by atoms with Gasteiger partial charge in [0, 0.05) is 10.9 Å². The number of aromatic nitrogens is 1. The minimum absolute atomic E-state index is 0.0986. The number of guanidine groups is 1. The maximum atomic E-state index is 11.9. The van der Waals surface area contributed by atoms with Crippen LogP contribution in [0, 0.1) is 0 Å². The third-order valence-corrected chi connectivity index (χ3v) is 2.26. The molecule has 0 unspecified atom stereocenters. The van der Waals surface area contributed by atoms with Crippen molar-refractivity contribution >= 4 is 22.8 Å². The highest BCUT2D eigenvalue weighted by Gasteiger charge is 2.27. The Morgan fingerprint density at radius 1 is 1.32 bits per heavy atom. The second kappa shape index (κ2) is 4.63. The van der Waals surface area contributed by atoms with Crippen LogP contribution in [0.5, 0.6) is 0 Å². The maximum absolute atomic E-state index is 11.9. The summed E-state index contributed by atoms with van der Waals surface area (Å²) in [7, 11) is 0. The first-order valence-electron chi connectivity index (χ1n) is 5.16. The number of para-hydroxylation sites is 1. The smallest absolute Gasteiger partial charge is 0.369 e. The van der Waals surface area contributed by atoms with Crippen LogP contribution in [0.15, 0.2) is 35.3 Å². The van der Waals surface area contributed by atoms with E-state index in [0.29, 0.717) is 5.52 Å². The van der Waals surface area contributed by atoms with Crippen molar-refractivity contribution in [3.05, 3.63) is 36.0 Å². The van der Waals surface area contributed by atoms with Crippen molar-refractivity contribution in [2.75, 3.05) is 0 Å². The van der Waals surface area contributed by atoms with Crippen LogP contribution in [0.25, 0.3) is 10.9 Å². The number of alkyl halides is 3. The number of carbonyl (C=O) groups is 1. The summed E-state index contributed by atoms with van der Waals surface area (Å²) < 4.78 is 35.7. The zero-order valence-corrected chi connectivity index (χ0v) is 9.45. The summed E-state index contributed by atoms with van der Waals surface area (Å²) in [6.45, 7) is 0. The lowest BCUT2D eigenvalue weighted by Gasteiger charge is -2.04. The van der Waals surface area contributed by atoms with E-state index in [2.05, 4.69) is 9.98 Å². The van der Waals surface area contributed by atoms with Crippen LogP contribution in [0.3, 0.4) is 0 Å². The number of hydrogen-bond acceptors (Lipinski definition) is 2. The number of rotatable bonds is 1. The molecule has 0 aliphatic heterocycles. The molecule has 1 heterocycles. The SMILES string of the molecule is N/C(=N\C(F)(F)F)NC(=O)c1cc2ccccc2[nH]1. The molecule has 0 aliphatic carbocycles. The van der Waals surface area contributed by atoms with E-state index in [1.54, 1.807) is 24.3 Å². The Balaban J connectivity index is 2.18. The van der Waals surface area contributed by atoms with Gasteiger partial charge in [-0.15, -0.1) is 13.2 Å². The van der Waals surface area contributed by atoms with Crippen molar-refractivity contribution < 1.29 is 18.0 Å². The first-order chi connectivity index (χ1) is 8.85. The standard InChI is InChI=1S/C11H9F3N4O/c12-11(13,14)18-10(15)17-9(19)8-5-6-3-1-2-4-7(6)16-8/h1-5,16H,(H3,15,17,18,19). The van der Waals surface area contributed by atoms with Gasteiger partial charge < -0.3 is 10.7 Å². The lowest BCUT2D eigenvalue weighted by molar-refractivity contribution is -0.119. The molecule has 5 nitrogen and oxygen atoms in total. The fourth-order valence-corrected chi connectivity index (χ4v) is 1.54. The highest BCUT2D eigenvalue weighted by Crippen LogP contribution is 2.16. The van der Waals surface area contributed by atoms with Crippen LogP contribution >= 0.6 is 0 Å². The molecule has 0 fully saturated rings. The first-order valence-corrected chi connectivity index (χ1v) is 5.16. The quantitative estimate of drug-likeness (QED) is 0.419. The van der Waals surface area contributed by atoms with Gasteiger partial charge in [0.1, 0.15) is 5.69 Å². The highest BCUT2D eigenvalue weighted by molar-refractivity contribution is 6.06. The summed E-state index contributed by atoms with van der Waals surface area (Å²) in [5.41, 5.74) is 5.77. The molecule has 4 N–H and O–H groups in total. The van der Waals surface area contributed by atoms with E-state index in [0.717, 1.165) is 5.39 Å². The zero-order chi connectivity index (χ0) is 14.0. The van der Waals surface area contributed by atoms with Crippen molar-refractivity contribution in [3.63, 3.8) is 0 Å². The van der Waals surface area contributed by atoms with Gasteiger partial charge in [-0.05, 0) is 12.1 Å². The van der Waals surface area contributed by atoms with Crippen LogP contribution in [0.2, 0.25) is 0 Å². The fourth-order valence-electron chi connectivity index (χ4n) is 1.54. The van der Waals surface area contributed by atoms with Gasteiger partial charge >= 0.3 is 6.30 Å². The minimum atomic E-state index is -4.82. The van der Waals surface area contributed by atoms with Gasteiger partial charge in [0.15, 0.2) is 0 Å². The number of nitrogens with one attached hydrogen (secondary N) is 2. The third kappa shape index (κ3) is 3.24. The van der Waals surface area contributed by atoms with Crippen LogP contribution in [-0.2, 0) is 0 Å². The van der Waals surface area contributed by atoms with E-state index in [4.69, 9.17) is 5.73 Å². The Kier molecular flexibility index (Phi) is 3.16. The highest BCUT2D eigenvalue weighted by atomic mass is 19.4. The van der Waals surface area contributed by atoms with E-state index < -0.39 is 18.2 Å². The second-order valence-electron chi connectivity index (χ2n) is 3.69. The number of nitrogens with two attached hydrogens (primary N) is 1. The van der Waals surface area contributed by atoms with Crippen LogP contribution in [0.4, 0.5) is 13.2 Å². The monoisotopic (exact) mass is 270 g/mol. The molecule has 0 atom stereocenters. The van der Waals surface area contributed by atoms with Crippen molar-refractivity contribution in [2.45, 2.75) is 6.30 Å². The molecule has 2 aromatic rings. The number of aliphatic imine (C=N–C) groups is 1. The van der Waals surface area contributed by atoms with Crippen molar-refractivity contribution in [2.24, 2.45) is 10.7 Å². The molecule has 1 aromatic heterocycles. The number of halogens is 3. The Hall–Kier alpha value is -2.51. The topological polar surface area (TPSA) is 83.3 Å². The molecule has 0 radical (unpaired) electrons. The second-order valence-corrected chi connectivity index (χ2v) is 3.69. The molecule has 2 rings (SSSR count). The van der Waals surface area contributed by atoms with E-state index in [9.17, 15) is 18.0 Å². The lowest BCUT2D eigenvalue weighted by atomic mass is 10.2. The Labute approximate surface area is 105 Å². The van der Waals surface area contributed by atoms with Crippen molar-refractivity contribution in [1.82, 2.24) is 10.3 Å². The largest absolute Gasteiger partial charge is 0.506 e. The summed E-state index contributed by atoms with van der Waals surface area (Å²) in [5, 5.41) is 2.61. The average molecular weight is 270 g/mol. The Bertz CT molecular complexity index is 612. The van der Waals surface area contributed by atoms with Crippen molar-refractivity contribution in [3.8, 4) is 0 Å². The summed E-state index contributed by atoms with van der Waals surface area (Å²) in [6, 6.07) is 8.54.